The highest BCUT2D eigenvalue weighted by atomic mass is 19.1. The number of phenols is 1. The van der Waals surface area contributed by atoms with Gasteiger partial charge in [0.15, 0.2) is 0 Å². The van der Waals surface area contributed by atoms with Crippen molar-refractivity contribution in [2.24, 2.45) is 0 Å². The monoisotopic (exact) mass is 475 g/mol. The van der Waals surface area contributed by atoms with Gasteiger partial charge in [0.2, 0.25) is 0 Å². The van der Waals surface area contributed by atoms with Gasteiger partial charge in [-0.1, -0.05) is 53.7 Å². The number of hydrogen-bond acceptors (Lipinski definition) is 6. The number of aliphatic carboxylic acids is 1. The fraction of sp³-hybridized carbons (Fsp3) is 0.519. The molecular formula is C27H36FO6-. The average molecular weight is 476 g/mol. The van der Waals surface area contributed by atoms with E-state index in [2.05, 4.69) is 0 Å². The summed E-state index contributed by atoms with van der Waals surface area (Å²) in [5.74, 6) is -1.26. The van der Waals surface area contributed by atoms with Gasteiger partial charge in [0.25, 0.3) is 0 Å². The molecule has 1 unspecified atom stereocenters. The molecular weight excluding hydrogens is 439 g/mol. The topological polar surface area (TPSA) is 110 Å². The van der Waals surface area contributed by atoms with Crippen LogP contribution in [-0.2, 0) is 4.79 Å². The molecule has 2 rings (SSSR count). The van der Waals surface area contributed by atoms with Gasteiger partial charge < -0.3 is 30.0 Å². The minimum atomic E-state index is -1.40. The van der Waals surface area contributed by atoms with Crippen molar-refractivity contribution in [2.75, 3.05) is 6.61 Å². The summed E-state index contributed by atoms with van der Waals surface area (Å²) in [5.41, 5.74) is 3.51. The van der Waals surface area contributed by atoms with Crippen molar-refractivity contribution in [3.05, 3.63) is 46.8 Å². The molecule has 0 saturated carbocycles. The first-order valence-electron chi connectivity index (χ1n) is 11.7. The van der Waals surface area contributed by atoms with E-state index < -0.39 is 24.6 Å². The molecule has 0 amide bonds. The van der Waals surface area contributed by atoms with Crippen LogP contribution in [0.1, 0.15) is 88.8 Å². The van der Waals surface area contributed by atoms with Crippen molar-refractivity contribution in [1.82, 2.24) is 0 Å². The van der Waals surface area contributed by atoms with Crippen molar-refractivity contribution in [3.8, 4) is 22.6 Å². The fourth-order valence-electron chi connectivity index (χ4n) is 4.38. The van der Waals surface area contributed by atoms with Crippen LogP contribution in [0.15, 0.2) is 24.3 Å². The molecule has 0 heterocycles. The number of benzene rings is 2. The SMILES string of the molecule is CC(C)c1c(O)c(C(C)C)c(C(C)C)c(OCC(O)C[C@@H](O)CC(=O)[O-])c1-c1ccc(F)cc1. The summed E-state index contributed by atoms with van der Waals surface area (Å²) in [4.78, 5) is 10.7. The Bertz CT molecular complexity index is 982. The number of carboxylic acid groups (broad SMARTS) is 1. The highest BCUT2D eigenvalue weighted by molar-refractivity contribution is 5.81. The molecule has 7 heteroatoms. The average Bonchev–Trinajstić information content (AvgIpc) is 2.71. The first kappa shape index (κ1) is 27.6. The predicted molar refractivity (Wildman–Crippen MR) is 128 cm³/mol. The maximum atomic E-state index is 13.7. The molecule has 188 valence electrons. The third-order valence-corrected chi connectivity index (χ3v) is 5.77. The van der Waals surface area contributed by atoms with Crippen molar-refractivity contribution in [2.45, 2.75) is 84.3 Å². The number of ether oxygens (including phenoxy) is 1. The smallest absolute Gasteiger partial charge is 0.131 e. The van der Waals surface area contributed by atoms with Crippen LogP contribution in [0.2, 0.25) is 0 Å². The summed E-state index contributed by atoms with van der Waals surface area (Å²) < 4.78 is 19.9. The zero-order chi connectivity index (χ0) is 25.7. The molecule has 0 fully saturated rings. The highest BCUT2D eigenvalue weighted by Crippen LogP contribution is 2.51. The number of halogens is 1. The number of carbonyl (C=O) groups is 1. The molecule has 0 aliphatic rings. The van der Waals surface area contributed by atoms with Crippen molar-refractivity contribution >= 4 is 5.97 Å². The molecule has 0 saturated heterocycles. The van der Waals surface area contributed by atoms with Crippen LogP contribution < -0.4 is 9.84 Å². The standard InChI is InChI=1S/C27H37FO6/c1-14(2)22-24(16(5)6)27(34-13-20(30)11-19(29)12-21(31)32)25(23(15(3)4)26(22)33)17-7-9-18(28)10-8-17/h7-10,14-16,19-20,29-30,33H,11-13H2,1-6H3,(H,31,32)/p-1/t19-,20?/m1/s1. The van der Waals surface area contributed by atoms with Crippen LogP contribution in [0.4, 0.5) is 4.39 Å². The lowest BCUT2D eigenvalue weighted by Crippen LogP contribution is -2.31. The minimum absolute atomic E-state index is 0.0191. The molecule has 0 spiro atoms. The minimum Gasteiger partial charge on any atom is -0.550 e. The van der Waals surface area contributed by atoms with E-state index in [0.717, 1.165) is 11.1 Å². The van der Waals surface area contributed by atoms with Gasteiger partial charge in [-0.25, -0.2) is 4.39 Å². The lowest BCUT2D eigenvalue weighted by atomic mass is 9.80. The Hall–Kier alpha value is -2.64. The molecule has 2 aromatic rings. The summed E-state index contributed by atoms with van der Waals surface area (Å²) in [6.07, 6.45) is -3.16. The van der Waals surface area contributed by atoms with E-state index in [1.54, 1.807) is 12.1 Å². The summed E-state index contributed by atoms with van der Waals surface area (Å²) >= 11 is 0. The summed E-state index contributed by atoms with van der Waals surface area (Å²) in [7, 11) is 0. The second kappa shape index (κ2) is 11.7. The van der Waals surface area contributed by atoms with Gasteiger partial charge in [-0.2, -0.15) is 0 Å². The van der Waals surface area contributed by atoms with E-state index >= 15 is 0 Å². The number of aliphatic hydroxyl groups is 2. The zero-order valence-electron chi connectivity index (χ0n) is 20.8. The molecule has 2 atom stereocenters. The Labute approximate surface area is 201 Å². The number of aromatic hydroxyl groups is 1. The van der Waals surface area contributed by atoms with Crippen LogP contribution in [0.25, 0.3) is 11.1 Å². The molecule has 0 aliphatic carbocycles. The van der Waals surface area contributed by atoms with E-state index in [4.69, 9.17) is 4.74 Å². The third kappa shape index (κ3) is 6.48. The number of carboxylic acids is 1. The van der Waals surface area contributed by atoms with Crippen LogP contribution in [0.3, 0.4) is 0 Å². The van der Waals surface area contributed by atoms with Crippen molar-refractivity contribution in [3.63, 3.8) is 0 Å². The largest absolute Gasteiger partial charge is 0.550 e. The Kier molecular flexibility index (Phi) is 9.47. The molecule has 6 nitrogen and oxygen atoms in total. The van der Waals surface area contributed by atoms with Gasteiger partial charge >= 0.3 is 0 Å². The number of hydrogen-bond donors (Lipinski definition) is 3. The Balaban J connectivity index is 2.69. The Morgan fingerprint density at radius 2 is 1.44 bits per heavy atom. The molecule has 0 aliphatic heterocycles. The lowest BCUT2D eigenvalue weighted by Gasteiger charge is -2.29. The van der Waals surface area contributed by atoms with Gasteiger partial charge in [0, 0.05) is 41.1 Å². The van der Waals surface area contributed by atoms with Gasteiger partial charge in [0.05, 0.1) is 12.2 Å². The van der Waals surface area contributed by atoms with E-state index in [9.17, 15) is 29.6 Å². The van der Waals surface area contributed by atoms with E-state index in [-0.39, 0.29) is 42.3 Å². The number of rotatable bonds is 11. The van der Waals surface area contributed by atoms with E-state index in [0.29, 0.717) is 22.4 Å². The zero-order valence-corrected chi connectivity index (χ0v) is 20.8. The third-order valence-electron chi connectivity index (χ3n) is 5.77. The number of carbonyl (C=O) groups excluding carboxylic acids is 1. The summed E-state index contributed by atoms with van der Waals surface area (Å²) in [5, 5.41) is 42.4. The Morgan fingerprint density at radius 1 is 0.912 bits per heavy atom. The normalized spacial score (nSPS) is 13.5. The fourth-order valence-corrected chi connectivity index (χ4v) is 4.38. The van der Waals surface area contributed by atoms with E-state index in [1.807, 2.05) is 41.5 Å². The molecule has 0 bridgehead atoms. The second-order valence-corrected chi connectivity index (χ2v) is 9.70. The first-order chi connectivity index (χ1) is 15.8. The maximum absolute atomic E-state index is 13.7. The van der Waals surface area contributed by atoms with Crippen LogP contribution in [-0.4, -0.2) is 40.1 Å². The molecule has 34 heavy (non-hydrogen) atoms. The molecule has 3 N–H and O–H groups in total. The van der Waals surface area contributed by atoms with Gasteiger partial charge in [0.1, 0.15) is 23.9 Å². The molecule has 0 aromatic heterocycles. The molecule has 2 aromatic carbocycles. The van der Waals surface area contributed by atoms with Crippen molar-refractivity contribution in [1.29, 1.82) is 0 Å². The van der Waals surface area contributed by atoms with E-state index in [1.165, 1.54) is 12.1 Å². The number of phenolic OH excluding ortho intramolecular Hbond substituents is 1. The second-order valence-electron chi connectivity index (χ2n) is 9.70. The number of aliphatic hydroxyl groups excluding tert-OH is 2. The van der Waals surface area contributed by atoms with Crippen LogP contribution in [0, 0.1) is 5.82 Å². The predicted octanol–water partition coefficient (Wildman–Crippen LogP) is 4.20. The maximum Gasteiger partial charge on any atom is 0.131 e. The Morgan fingerprint density at radius 3 is 1.91 bits per heavy atom. The van der Waals surface area contributed by atoms with Crippen LogP contribution in [0.5, 0.6) is 11.5 Å². The summed E-state index contributed by atoms with van der Waals surface area (Å²) in [6.45, 7) is 11.6. The molecule has 0 radical (unpaired) electrons. The summed E-state index contributed by atoms with van der Waals surface area (Å²) in [6, 6.07) is 5.94. The van der Waals surface area contributed by atoms with Crippen LogP contribution >= 0.6 is 0 Å². The quantitative estimate of drug-likeness (QED) is 0.449. The van der Waals surface area contributed by atoms with Gasteiger partial charge in [-0.15, -0.1) is 0 Å². The highest BCUT2D eigenvalue weighted by Gasteiger charge is 2.30. The first-order valence-corrected chi connectivity index (χ1v) is 11.7. The van der Waals surface area contributed by atoms with Gasteiger partial charge in [-0.3, -0.25) is 0 Å². The lowest BCUT2D eigenvalue weighted by molar-refractivity contribution is -0.307. The van der Waals surface area contributed by atoms with Crippen molar-refractivity contribution < 1.29 is 34.3 Å². The van der Waals surface area contributed by atoms with Gasteiger partial charge in [-0.05, 0) is 35.4 Å².